The molecule has 0 amide bonds. The molecule has 0 fully saturated rings. The van der Waals surface area contributed by atoms with E-state index in [2.05, 4.69) is 28.1 Å². The highest BCUT2D eigenvalue weighted by atomic mass is 127. The Labute approximate surface area is 179 Å². The number of hydrogen-bond donors (Lipinski definition) is 0. The molecule has 0 aliphatic heterocycles. The SMILES string of the molecule is CCCCOCc1ccc2oc(C(=O)OC(C)CC[N+](C)(C)C)cc2c1.[I-]. The van der Waals surface area contributed by atoms with Crippen LogP contribution in [0.15, 0.2) is 28.7 Å². The number of quaternary nitrogens is 1. The summed E-state index contributed by atoms with van der Waals surface area (Å²) in [6, 6.07) is 7.60. The van der Waals surface area contributed by atoms with Crippen molar-refractivity contribution in [3.05, 3.63) is 35.6 Å². The van der Waals surface area contributed by atoms with Crippen molar-refractivity contribution in [2.45, 2.75) is 45.8 Å². The van der Waals surface area contributed by atoms with Crippen LogP contribution in [0.1, 0.15) is 49.2 Å². The summed E-state index contributed by atoms with van der Waals surface area (Å²) in [7, 11) is 6.37. The van der Waals surface area contributed by atoms with Gasteiger partial charge in [0.05, 0.1) is 34.3 Å². The van der Waals surface area contributed by atoms with E-state index < -0.39 is 5.97 Å². The molecule has 0 spiro atoms. The lowest BCUT2D eigenvalue weighted by Crippen LogP contribution is -3.00. The summed E-state index contributed by atoms with van der Waals surface area (Å²) in [6.07, 6.45) is 2.86. The third-order valence-corrected chi connectivity index (χ3v) is 4.21. The second kappa shape index (κ2) is 11.0. The minimum Gasteiger partial charge on any atom is -1.00 e. The van der Waals surface area contributed by atoms with Crippen molar-refractivity contribution in [3.8, 4) is 0 Å². The van der Waals surface area contributed by atoms with E-state index in [-0.39, 0.29) is 35.8 Å². The van der Waals surface area contributed by atoms with Crippen LogP contribution in [0.2, 0.25) is 0 Å². The lowest BCUT2D eigenvalue weighted by atomic mass is 10.1. The average Bonchev–Trinajstić information content (AvgIpc) is 3.00. The summed E-state index contributed by atoms with van der Waals surface area (Å²) < 4.78 is 17.7. The van der Waals surface area contributed by atoms with Crippen LogP contribution in [0.3, 0.4) is 0 Å². The molecule has 27 heavy (non-hydrogen) atoms. The normalized spacial score (nSPS) is 12.6. The number of hydrogen-bond acceptors (Lipinski definition) is 4. The fourth-order valence-corrected chi connectivity index (χ4v) is 2.59. The van der Waals surface area contributed by atoms with Crippen LogP contribution >= 0.6 is 0 Å². The van der Waals surface area contributed by atoms with Crippen molar-refractivity contribution < 1.29 is 47.1 Å². The van der Waals surface area contributed by atoms with Crippen molar-refractivity contribution in [1.82, 2.24) is 0 Å². The predicted molar refractivity (Wildman–Crippen MR) is 103 cm³/mol. The van der Waals surface area contributed by atoms with Gasteiger partial charge >= 0.3 is 5.97 Å². The minimum atomic E-state index is -0.407. The van der Waals surface area contributed by atoms with E-state index in [1.165, 1.54) is 0 Å². The third kappa shape index (κ3) is 8.19. The summed E-state index contributed by atoms with van der Waals surface area (Å²) in [5, 5.41) is 0.896. The van der Waals surface area contributed by atoms with Gasteiger partial charge in [-0.3, -0.25) is 0 Å². The van der Waals surface area contributed by atoms with Crippen molar-refractivity contribution in [2.75, 3.05) is 34.3 Å². The van der Waals surface area contributed by atoms with E-state index in [9.17, 15) is 4.79 Å². The number of carbonyl (C=O) groups excluding carboxylic acids is 1. The fraction of sp³-hybridized carbons (Fsp3) is 0.571. The number of ether oxygens (including phenoxy) is 2. The smallest absolute Gasteiger partial charge is 0.374 e. The van der Waals surface area contributed by atoms with Gasteiger partial charge in [-0.25, -0.2) is 4.79 Å². The molecule has 0 aliphatic rings. The van der Waals surface area contributed by atoms with Gasteiger partial charge in [0.2, 0.25) is 5.76 Å². The number of furan rings is 1. The molecule has 0 radical (unpaired) electrons. The summed E-state index contributed by atoms with van der Waals surface area (Å²) in [4.78, 5) is 12.3. The standard InChI is InChI=1S/C21H32NO4.HI/c1-6-7-12-24-15-17-8-9-19-18(13-17)14-20(26-19)21(23)25-16(2)10-11-22(3,4)5;/h8-9,13-14,16H,6-7,10-12,15H2,1-5H3;1H/q+1;/p-1. The zero-order valence-corrected chi connectivity index (χ0v) is 19.2. The van der Waals surface area contributed by atoms with Crippen molar-refractivity contribution in [1.29, 1.82) is 0 Å². The Bertz CT molecular complexity index is 721. The molecular weight excluding hydrogens is 457 g/mol. The second-order valence-corrected chi connectivity index (χ2v) is 7.91. The zero-order chi connectivity index (χ0) is 19.2. The lowest BCUT2D eigenvalue weighted by Gasteiger charge is -2.25. The van der Waals surface area contributed by atoms with Gasteiger partial charge in [-0.05, 0) is 37.1 Å². The van der Waals surface area contributed by atoms with Gasteiger partial charge < -0.3 is 42.4 Å². The molecule has 0 bridgehead atoms. The molecule has 0 saturated carbocycles. The number of halogens is 1. The van der Waals surface area contributed by atoms with Crippen molar-refractivity contribution in [3.63, 3.8) is 0 Å². The maximum absolute atomic E-state index is 12.3. The van der Waals surface area contributed by atoms with Gasteiger partial charge in [0, 0.05) is 18.4 Å². The maximum Gasteiger partial charge on any atom is 0.374 e. The van der Waals surface area contributed by atoms with Gasteiger partial charge in [0.1, 0.15) is 11.7 Å². The van der Waals surface area contributed by atoms with Crippen LogP contribution < -0.4 is 24.0 Å². The number of unbranched alkanes of at least 4 members (excludes halogenated alkanes) is 1. The number of fused-ring (bicyclic) bond motifs is 1. The van der Waals surface area contributed by atoms with Crippen molar-refractivity contribution >= 4 is 16.9 Å². The van der Waals surface area contributed by atoms with Gasteiger partial charge in [-0.15, -0.1) is 0 Å². The molecule has 2 rings (SSSR count). The van der Waals surface area contributed by atoms with E-state index in [4.69, 9.17) is 13.9 Å². The fourth-order valence-electron chi connectivity index (χ4n) is 2.59. The molecule has 0 aliphatic carbocycles. The summed E-state index contributed by atoms with van der Waals surface area (Å²) >= 11 is 0. The molecule has 6 heteroatoms. The first kappa shape index (κ1) is 23.9. The van der Waals surface area contributed by atoms with Crippen LogP contribution in [0.4, 0.5) is 0 Å². The number of rotatable bonds is 10. The molecule has 1 heterocycles. The van der Waals surface area contributed by atoms with Gasteiger partial charge in [-0.2, -0.15) is 0 Å². The molecule has 0 saturated heterocycles. The molecule has 1 aromatic carbocycles. The third-order valence-electron chi connectivity index (χ3n) is 4.21. The molecular formula is C21H32INO4. The summed E-state index contributed by atoms with van der Waals surface area (Å²) in [5.74, 6) is -0.156. The molecule has 2 aromatic rings. The molecule has 152 valence electrons. The average molecular weight is 489 g/mol. The Morgan fingerprint density at radius 1 is 1.22 bits per heavy atom. The van der Waals surface area contributed by atoms with E-state index in [1.807, 2.05) is 25.1 Å². The van der Waals surface area contributed by atoms with Crippen LogP contribution in [0.25, 0.3) is 11.0 Å². The highest BCUT2D eigenvalue weighted by Gasteiger charge is 2.19. The van der Waals surface area contributed by atoms with E-state index in [1.54, 1.807) is 6.07 Å². The first-order valence-electron chi connectivity index (χ1n) is 9.40. The van der Waals surface area contributed by atoms with Crippen molar-refractivity contribution in [2.24, 2.45) is 0 Å². The molecule has 5 nitrogen and oxygen atoms in total. The Balaban J connectivity index is 0.00000364. The van der Waals surface area contributed by atoms with E-state index in [0.717, 1.165) is 47.8 Å². The van der Waals surface area contributed by atoms with Crippen LogP contribution in [-0.4, -0.2) is 50.9 Å². The van der Waals surface area contributed by atoms with Gasteiger partial charge in [-0.1, -0.05) is 19.4 Å². The van der Waals surface area contributed by atoms with Gasteiger partial charge in [0.15, 0.2) is 0 Å². The lowest BCUT2D eigenvalue weighted by molar-refractivity contribution is -0.870. The van der Waals surface area contributed by atoms with E-state index in [0.29, 0.717) is 12.2 Å². The highest BCUT2D eigenvalue weighted by molar-refractivity contribution is 5.92. The maximum atomic E-state index is 12.3. The number of carbonyl (C=O) groups is 1. The largest absolute Gasteiger partial charge is 1.00 e. The highest BCUT2D eigenvalue weighted by Crippen LogP contribution is 2.22. The minimum absolute atomic E-state index is 0. The predicted octanol–water partition coefficient (Wildman–Crippen LogP) is 1.40. The Morgan fingerprint density at radius 3 is 2.63 bits per heavy atom. The Hall–Kier alpha value is -1.12. The van der Waals surface area contributed by atoms with Crippen LogP contribution in [-0.2, 0) is 16.1 Å². The first-order chi connectivity index (χ1) is 12.3. The van der Waals surface area contributed by atoms with Crippen LogP contribution in [0, 0.1) is 0 Å². The molecule has 1 atom stereocenters. The van der Waals surface area contributed by atoms with Gasteiger partial charge in [0.25, 0.3) is 0 Å². The summed E-state index contributed by atoms with van der Waals surface area (Å²) in [6.45, 7) is 6.34. The molecule has 0 N–H and O–H groups in total. The second-order valence-electron chi connectivity index (χ2n) is 7.91. The van der Waals surface area contributed by atoms with E-state index >= 15 is 0 Å². The monoisotopic (exact) mass is 489 g/mol. The Kier molecular flexibility index (Phi) is 9.76. The number of nitrogens with zero attached hydrogens (tertiary/aromatic N) is 1. The molecule has 1 unspecified atom stereocenters. The zero-order valence-electron chi connectivity index (χ0n) is 17.1. The Morgan fingerprint density at radius 2 is 1.96 bits per heavy atom. The van der Waals surface area contributed by atoms with Crippen LogP contribution in [0.5, 0.6) is 0 Å². The molecule has 1 aromatic heterocycles. The number of benzene rings is 1. The summed E-state index contributed by atoms with van der Waals surface area (Å²) in [5.41, 5.74) is 1.76. The quantitative estimate of drug-likeness (QED) is 0.219. The number of esters is 1. The first-order valence-corrected chi connectivity index (χ1v) is 9.40. The topological polar surface area (TPSA) is 48.7 Å².